The molecule has 1 heterocycles. The van der Waals surface area contributed by atoms with Gasteiger partial charge in [-0.1, -0.05) is 36.8 Å². The van der Waals surface area contributed by atoms with Crippen LogP contribution < -0.4 is 0 Å². The lowest BCUT2D eigenvalue weighted by Gasteiger charge is -2.27. The van der Waals surface area contributed by atoms with Gasteiger partial charge in [0, 0.05) is 13.7 Å². The van der Waals surface area contributed by atoms with Crippen molar-refractivity contribution in [1.29, 1.82) is 0 Å². The van der Waals surface area contributed by atoms with E-state index in [1.807, 2.05) is 32.0 Å². The van der Waals surface area contributed by atoms with Gasteiger partial charge in [0.1, 0.15) is 17.5 Å². The number of para-hydroxylation sites is 1. The number of aliphatic hydroxyl groups excluding tert-OH is 1. The van der Waals surface area contributed by atoms with Crippen molar-refractivity contribution in [3.63, 3.8) is 0 Å². The number of rotatable bonds is 8. The van der Waals surface area contributed by atoms with E-state index in [0.717, 1.165) is 29.5 Å². The fraction of sp³-hybridized carbons (Fsp3) is 0.429. The second-order valence-corrected chi connectivity index (χ2v) is 9.79. The molecule has 0 aromatic heterocycles. The maximum Gasteiger partial charge on any atom is 0.306 e. The lowest BCUT2D eigenvalue weighted by molar-refractivity contribution is -0.143. The highest BCUT2D eigenvalue weighted by Gasteiger charge is 2.41. The molecule has 3 N–H and O–H groups in total. The Balaban J connectivity index is 1.65. The van der Waals surface area contributed by atoms with Crippen molar-refractivity contribution in [1.82, 2.24) is 4.90 Å². The number of benzene rings is 2. The van der Waals surface area contributed by atoms with Gasteiger partial charge in [-0.3, -0.25) is 9.59 Å². The second kappa shape index (κ2) is 11.1. The third-order valence-corrected chi connectivity index (χ3v) is 7.43. The molecule has 37 heavy (non-hydrogen) atoms. The first kappa shape index (κ1) is 26.3. The van der Waals surface area contributed by atoms with E-state index in [1.54, 1.807) is 25.3 Å². The van der Waals surface area contributed by atoms with Crippen LogP contribution in [0, 0.1) is 19.8 Å². The zero-order valence-corrected chi connectivity index (χ0v) is 21.3. The summed E-state index contributed by atoms with van der Waals surface area (Å²) in [5.41, 5.74) is 3.48. The molecule has 0 radical (unpaired) electrons. The molecular weight excluding hydrogens is 474 g/mol. The molecule has 1 fully saturated rings. The van der Waals surface area contributed by atoms with Crippen molar-refractivity contribution in [2.75, 3.05) is 20.3 Å². The number of phenols is 1. The quantitative estimate of drug-likeness (QED) is 0.407. The minimum absolute atomic E-state index is 0.0882. The Morgan fingerprint density at radius 2 is 1.89 bits per heavy atom. The number of hydrogen-bond acceptors (Lipinski definition) is 7. The molecule has 4 rings (SSSR count). The average molecular weight is 508 g/mol. The van der Waals surface area contributed by atoms with Gasteiger partial charge in [0.15, 0.2) is 11.5 Å². The van der Waals surface area contributed by atoms with Crippen molar-refractivity contribution in [3.8, 4) is 5.75 Å². The highest BCUT2D eigenvalue weighted by atomic mass is 16.5. The van der Waals surface area contributed by atoms with Gasteiger partial charge in [-0.25, -0.2) is 0 Å². The SMILES string of the molecule is COCCN1C(=O)C(N=Nc2cccc(C3CCCC(C(=O)O)C3)c2O)=C(O)C1c1ccc(C)c(C)c1. The first-order chi connectivity index (χ1) is 17.7. The third kappa shape index (κ3) is 5.36. The van der Waals surface area contributed by atoms with E-state index >= 15 is 0 Å². The summed E-state index contributed by atoms with van der Waals surface area (Å²) in [6.07, 6.45) is 2.61. The van der Waals surface area contributed by atoms with Crippen molar-refractivity contribution < 1.29 is 29.6 Å². The van der Waals surface area contributed by atoms with Crippen LogP contribution in [0.4, 0.5) is 5.69 Å². The topological polar surface area (TPSA) is 132 Å². The number of phenolic OH excluding ortho intramolecular Hbond substituents is 1. The summed E-state index contributed by atoms with van der Waals surface area (Å²) in [5, 5.41) is 39.7. The maximum atomic E-state index is 13.3. The Bertz CT molecular complexity index is 1250. The molecule has 0 saturated heterocycles. The molecular formula is C28H33N3O6. The summed E-state index contributed by atoms with van der Waals surface area (Å²) >= 11 is 0. The summed E-state index contributed by atoms with van der Waals surface area (Å²) in [4.78, 5) is 26.2. The summed E-state index contributed by atoms with van der Waals surface area (Å²) in [5.74, 6) is -2.14. The Morgan fingerprint density at radius 1 is 1.11 bits per heavy atom. The number of ether oxygens (including phenoxy) is 1. The number of aryl methyl sites for hydroxylation is 2. The van der Waals surface area contributed by atoms with Crippen LogP contribution in [0.3, 0.4) is 0 Å². The number of carboxylic acids is 1. The first-order valence-electron chi connectivity index (χ1n) is 12.5. The van der Waals surface area contributed by atoms with Gasteiger partial charge in [-0.05, 0) is 67.3 Å². The number of aliphatic hydroxyl groups is 1. The number of hydrogen-bond donors (Lipinski definition) is 3. The molecule has 2 aromatic rings. The minimum atomic E-state index is -0.821. The highest BCUT2D eigenvalue weighted by molar-refractivity contribution is 5.97. The molecule has 3 unspecified atom stereocenters. The van der Waals surface area contributed by atoms with Crippen LogP contribution in [-0.2, 0) is 14.3 Å². The van der Waals surface area contributed by atoms with Crippen LogP contribution in [0.5, 0.6) is 5.75 Å². The Kier molecular flexibility index (Phi) is 7.92. The molecule has 0 bridgehead atoms. The molecule has 1 aliphatic carbocycles. The van der Waals surface area contributed by atoms with Gasteiger partial charge in [0.05, 0.1) is 12.5 Å². The Labute approximate surface area is 216 Å². The van der Waals surface area contributed by atoms with Crippen molar-refractivity contribution in [2.45, 2.75) is 51.5 Å². The largest absolute Gasteiger partial charge is 0.507 e. The monoisotopic (exact) mass is 507 g/mol. The number of azo groups is 1. The van der Waals surface area contributed by atoms with Crippen LogP contribution in [0.1, 0.15) is 59.9 Å². The predicted octanol–water partition coefficient (Wildman–Crippen LogP) is 5.45. The standard InChI is InChI=1S/C28H33N3O6/c1-16-10-11-19(14-17(16)2)24-26(33)23(27(34)31(24)12-13-37-3)30-29-22-9-5-8-21(25(22)32)18-6-4-7-20(15-18)28(35)36/h5,8-11,14,18,20,24,32-33H,4,6-7,12-13,15H2,1-3H3,(H,35,36). The van der Waals surface area contributed by atoms with Crippen LogP contribution in [0.25, 0.3) is 0 Å². The van der Waals surface area contributed by atoms with Gasteiger partial charge in [-0.2, -0.15) is 0 Å². The first-order valence-corrected chi connectivity index (χ1v) is 12.5. The Morgan fingerprint density at radius 3 is 2.59 bits per heavy atom. The number of carbonyl (C=O) groups is 2. The van der Waals surface area contributed by atoms with Crippen LogP contribution in [0.15, 0.2) is 58.1 Å². The number of methoxy groups -OCH3 is 1. The summed E-state index contributed by atoms with van der Waals surface area (Å²) in [6, 6.07) is 10.1. The molecule has 2 aromatic carbocycles. The fourth-order valence-electron chi connectivity index (χ4n) is 5.19. The number of nitrogens with zero attached hydrogens (tertiary/aromatic N) is 3. The zero-order chi connectivity index (χ0) is 26.7. The second-order valence-electron chi connectivity index (χ2n) is 9.79. The van der Waals surface area contributed by atoms with E-state index in [4.69, 9.17) is 4.74 Å². The van der Waals surface area contributed by atoms with E-state index < -0.39 is 23.8 Å². The number of carboxylic acid groups (broad SMARTS) is 1. The van der Waals surface area contributed by atoms with E-state index in [2.05, 4.69) is 10.2 Å². The lowest BCUT2D eigenvalue weighted by Crippen LogP contribution is -2.33. The molecule has 2 aliphatic rings. The number of amides is 1. The van der Waals surface area contributed by atoms with Crippen LogP contribution >= 0.6 is 0 Å². The fourth-order valence-corrected chi connectivity index (χ4v) is 5.19. The Hall–Kier alpha value is -3.72. The van der Waals surface area contributed by atoms with E-state index in [0.29, 0.717) is 18.4 Å². The number of aromatic hydroxyl groups is 1. The summed E-state index contributed by atoms with van der Waals surface area (Å²) in [6.45, 7) is 4.50. The number of aliphatic carboxylic acids is 1. The van der Waals surface area contributed by atoms with Crippen molar-refractivity contribution >= 4 is 17.6 Å². The summed E-state index contributed by atoms with van der Waals surface area (Å²) in [7, 11) is 1.54. The van der Waals surface area contributed by atoms with E-state index in [1.165, 1.54) is 4.90 Å². The maximum absolute atomic E-state index is 13.3. The molecule has 9 nitrogen and oxygen atoms in total. The van der Waals surface area contributed by atoms with Crippen molar-refractivity contribution in [2.24, 2.45) is 16.1 Å². The zero-order valence-electron chi connectivity index (χ0n) is 21.3. The van der Waals surface area contributed by atoms with Crippen LogP contribution in [0.2, 0.25) is 0 Å². The van der Waals surface area contributed by atoms with E-state index in [9.17, 15) is 24.9 Å². The van der Waals surface area contributed by atoms with Gasteiger partial charge in [0.2, 0.25) is 0 Å². The van der Waals surface area contributed by atoms with Gasteiger partial charge >= 0.3 is 5.97 Å². The molecule has 196 valence electrons. The lowest BCUT2D eigenvalue weighted by atomic mass is 9.77. The predicted molar refractivity (Wildman–Crippen MR) is 137 cm³/mol. The third-order valence-electron chi connectivity index (χ3n) is 7.43. The molecule has 9 heteroatoms. The van der Waals surface area contributed by atoms with Crippen LogP contribution in [-0.4, -0.2) is 52.4 Å². The number of carbonyl (C=O) groups excluding carboxylic acids is 1. The molecule has 1 saturated carbocycles. The summed E-state index contributed by atoms with van der Waals surface area (Å²) < 4.78 is 5.17. The molecule has 1 amide bonds. The van der Waals surface area contributed by atoms with E-state index in [-0.39, 0.29) is 42.0 Å². The normalized spacial score (nSPS) is 22.3. The smallest absolute Gasteiger partial charge is 0.306 e. The highest BCUT2D eigenvalue weighted by Crippen LogP contribution is 2.44. The molecule has 1 aliphatic heterocycles. The molecule has 3 atom stereocenters. The van der Waals surface area contributed by atoms with Gasteiger partial charge in [0.25, 0.3) is 5.91 Å². The van der Waals surface area contributed by atoms with Crippen molar-refractivity contribution in [3.05, 3.63) is 70.1 Å². The van der Waals surface area contributed by atoms with Gasteiger partial charge < -0.3 is 25.0 Å². The average Bonchev–Trinajstić information content (AvgIpc) is 3.12. The van der Waals surface area contributed by atoms with Gasteiger partial charge in [-0.15, -0.1) is 10.2 Å². The molecule has 0 spiro atoms. The minimum Gasteiger partial charge on any atom is -0.507 e.